The van der Waals surface area contributed by atoms with Gasteiger partial charge in [-0.2, -0.15) is 0 Å². The molecule has 0 aromatic carbocycles. The molecule has 3 nitrogen and oxygen atoms in total. The van der Waals surface area contributed by atoms with E-state index >= 15 is 0 Å². The molecule has 0 aliphatic carbocycles. The van der Waals surface area contributed by atoms with Crippen molar-refractivity contribution in [3.63, 3.8) is 0 Å². The first-order chi connectivity index (χ1) is 4.83. The third kappa shape index (κ3) is 6.55. The van der Waals surface area contributed by atoms with Gasteiger partial charge in [0.05, 0.1) is 0 Å². The van der Waals surface area contributed by atoms with Gasteiger partial charge in [-0.25, -0.2) is 0 Å². The summed E-state index contributed by atoms with van der Waals surface area (Å²) in [6, 6.07) is 0. The van der Waals surface area contributed by atoms with E-state index < -0.39 is 4.11 Å². The van der Waals surface area contributed by atoms with Crippen LogP contribution < -0.4 is 5.73 Å². The van der Waals surface area contributed by atoms with Gasteiger partial charge in [0.2, 0.25) is 5.91 Å². The fourth-order valence-corrected chi connectivity index (χ4v) is 2.19. The summed E-state index contributed by atoms with van der Waals surface area (Å²) in [6.45, 7) is 3.83. The third-order valence-electron chi connectivity index (χ3n) is 1.37. The van der Waals surface area contributed by atoms with Crippen LogP contribution in [0.4, 0.5) is 0 Å². The summed E-state index contributed by atoms with van der Waals surface area (Å²) in [6.07, 6.45) is 0.920. The molecule has 11 heavy (non-hydrogen) atoms. The van der Waals surface area contributed by atoms with Gasteiger partial charge < -0.3 is 10.8 Å². The van der Waals surface area contributed by atoms with Crippen LogP contribution in [0.25, 0.3) is 0 Å². The van der Waals surface area contributed by atoms with E-state index in [1.165, 1.54) is 0 Å². The van der Waals surface area contributed by atoms with E-state index in [0.717, 1.165) is 0 Å². The summed E-state index contributed by atoms with van der Waals surface area (Å²) in [5, 5.41) is 9.04. The maximum atomic E-state index is 10.5. The lowest BCUT2D eigenvalue weighted by Crippen LogP contribution is -2.24. The van der Waals surface area contributed by atoms with Crippen molar-refractivity contribution in [3.05, 3.63) is 0 Å². The van der Waals surface area contributed by atoms with Crippen LogP contribution in [0.5, 0.6) is 0 Å². The molecule has 0 saturated heterocycles. The molecule has 0 radical (unpaired) electrons. The minimum atomic E-state index is -0.401. The highest BCUT2D eigenvalue weighted by Gasteiger charge is 2.22. The van der Waals surface area contributed by atoms with Gasteiger partial charge in [-0.3, -0.25) is 4.79 Å². The van der Waals surface area contributed by atoms with Crippen molar-refractivity contribution in [1.82, 2.24) is 0 Å². The largest absolute Gasteiger partial charge is 0.383 e. The van der Waals surface area contributed by atoms with Crippen molar-refractivity contribution in [3.8, 4) is 0 Å². The number of hydrogen-bond donors (Lipinski definition) is 2. The Morgan fingerprint density at radius 2 is 2.18 bits per heavy atom. The van der Waals surface area contributed by atoms with Crippen LogP contribution in [0.2, 0.25) is 0 Å². The quantitative estimate of drug-likeness (QED) is 0.592. The Morgan fingerprint density at radius 1 is 1.73 bits per heavy atom. The topological polar surface area (TPSA) is 63.3 Å². The van der Waals surface area contributed by atoms with Gasteiger partial charge in [0.25, 0.3) is 0 Å². The molecule has 1 unspecified atom stereocenters. The van der Waals surface area contributed by atoms with Crippen LogP contribution in [0, 0.1) is 5.41 Å². The first-order valence-corrected chi connectivity index (χ1v) is 4.68. The van der Waals surface area contributed by atoms with Crippen LogP contribution in [0.15, 0.2) is 0 Å². The lowest BCUT2D eigenvalue weighted by atomic mass is 9.86. The SMILES string of the molecule is CC(C)(CC(N)=O)CC(O)I. The summed E-state index contributed by atoms with van der Waals surface area (Å²) in [5.41, 5.74) is 4.84. The molecule has 0 spiro atoms. The van der Waals surface area contributed by atoms with Crippen molar-refractivity contribution < 1.29 is 9.90 Å². The fourth-order valence-electron chi connectivity index (χ4n) is 1.000. The van der Waals surface area contributed by atoms with E-state index in [1.807, 2.05) is 36.4 Å². The summed E-state index contributed by atoms with van der Waals surface area (Å²) in [5.74, 6) is -0.313. The molecule has 1 amide bonds. The van der Waals surface area contributed by atoms with E-state index in [9.17, 15) is 4.79 Å². The summed E-state index contributed by atoms with van der Waals surface area (Å²) in [7, 11) is 0. The maximum absolute atomic E-state index is 10.5. The second kappa shape index (κ2) is 4.25. The standard InChI is InChI=1S/C7H14INO2/c1-7(2,3-5(8)10)4-6(9)11/h5,10H,3-4H2,1-2H3,(H2,9,11). The van der Waals surface area contributed by atoms with E-state index in [2.05, 4.69) is 0 Å². The number of nitrogens with two attached hydrogens (primary N) is 1. The number of halogens is 1. The molecule has 0 aromatic rings. The van der Waals surface area contributed by atoms with E-state index in [1.54, 1.807) is 0 Å². The van der Waals surface area contributed by atoms with Crippen LogP contribution in [0.3, 0.4) is 0 Å². The first-order valence-electron chi connectivity index (χ1n) is 3.44. The molecule has 3 N–H and O–H groups in total. The van der Waals surface area contributed by atoms with Crippen molar-refractivity contribution in [1.29, 1.82) is 0 Å². The molecule has 4 heteroatoms. The van der Waals surface area contributed by atoms with Gasteiger partial charge >= 0.3 is 0 Å². The predicted octanol–water partition coefficient (Wildman–Crippen LogP) is 1.03. The average molecular weight is 271 g/mol. The predicted molar refractivity (Wildman–Crippen MR) is 52.2 cm³/mol. The van der Waals surface area contributed by atoms with Gasteiger partial charge in [-0.05, 0) is 11.8 Å². The minimum Gasteiger partial charge on any atom is -0.383 e. The Bertz CT molecular complexity index is 145. The van der Waals surface area contributed by atoms with E-state index in [-0.39, 0.29) is 11.3 Å². The van der Waals surface area contributed by atoms with Gasteiger partial charge in [-0.1, -0.05) is 36.4 Å². The highest BCUT2D eigenvalue weighted by atomic mass is 127. The zero-order chi connectivity index (χ0) is 9.07. The Kier molecular flexibility index (Phi) is 4.31. The lowest BCUT2D eigenvalue weighted by Gasteiger charge is -2.23. The Morgan fingerprint density at radius 3 is 2.45 bits per heavy atom. The van der Waals surface area contributed by atoms with Crippen molar-refractivity contribution >= 4 is 28.5 Å². The number of aliphatic hydroxyl groups is 1. The number of carbonyl (C=O) groups is 1. The number of hydrogen-bond acceptors (Lipinski definition) is 2. The van der Waals surface area contributed by atoms with E-state index in [0.29, 0.717) is 12.8 Å². The Labute approximate surface area is 80.5 Å². The molecule has 0 fully saturated rings. The zero-order valence-corrected chi connectivity index (χ0v) is 8.96. The van der Waals surface area contributed by atoms with Crippen LogP contribution in [0.1, 0.15) is 26.7 Å². The third-order valence-corrected chi connectivity index (χ3v) is 1.81. The first kappa shape index (κ1) is 11.2. The molecule has 0 saturated carbocycles. The molecule has 66 valence electrons. The monoisotopic (exact) mass is 271 g/mol. The normalized spacial score (nSPS) is 14.5. The number of rotatable bonds is 4. The van der Waals surface area contributed by atoms with Gasteiger partial charge in [0.15, 0.2) is 0 Å². The number of alkyl halides is 1. The van der Waals surface area contributed by atoms with Crippen molar-refractivity contribution in [2.45, 2.75) is 30.8 Å². The highest BCUT2D eigenvalue weighted by Crippen LogP contribution is 2.28. The summed E-state index contributed by atoms with van der Waals surface area (Å²) >= 11 is 1.92. The number of aliphatic hydroxyl groups excluding tert-OH is 1. The molecule has 0 aromatic heterocycles. The molecule has 1 atom stereocenters. The average Bonchev–Trinajstić information content (AvgIpc) is 1.53. The Balaban J connectivity index is 3.89. The lowest BCUT2D eigenvalue weighted by molar-refractivity contribution is -0.120. The zero-order valence-electron chi connectivity index (χ0n) is 6.80. The number of carbonyl (C=O) groups excluding carboxylic acids is 1. The van der Waals surface area contributed by atoms with Crippen molar-refractivity contribution in [2.24, 2.45) is 11.1 Å². The second-order valence-corrected chi connectivity index (χ2v) is 4.88. The maximum Gasteiger partial charge on any atom is 0.217 e. The number of amides is 1. The molecule has 0 bridgehead atoms. The molecule has 0 rings (SSSR count). The molecule has 0 aliphatic heterocycles. The van der Waals surface area contributed by atoms with Crippen molar-refractivity contribution in [2.75, 3.05) is 0 Å². The van der Waals surface area contributed by atoms with Gasteiger partial charge in [0.1, 0.15) is 4.11 Å². The van der Waals surface area contributed by atoms with Gasteiger partial charge in [0, 0.05) is 6.42 Å². The fraction of sp³-hybridized carbons (Fsp3) is 0.857. The van der Waals surface area contributed by atoms with Crippen LogP contribution in [-0.2, 0) is 4.79 Å². The van der Waals surface area contributed by atoms with Crippen LogP contribution >= 0.6 is 22.6 Å². The summed E-state index contributed by atoms with van der Waals surface area (Å²) < 4.78 is -0.401. The second-order valence-electron chi connectivity index (χ2n) is 3.45. The molecular formula is C7H14INO2. The van der Waals surface area contributed by atoms with E-state index in [4.69, 9.17) is 10.8 Å². The summed E-state index contributed by atoms with van der Waals surface area (Å²) in [4.78, 5) is 10.5. The van der Waals surface area contributed by atoms with Gasteiger partial charge in [-0.15, -0.1) is 0 Å². The molecular weight excluding hydrogens is 257 g/mol. The Hall–Kier alpha value is 0.160. The molecule has 0 heterocycles. The smallest absolute Gasteiger partial charge is 0.217 e. The molecule has 0 aliphatic rings. The number of primary amides is 1. The highest BCUT2D eigenvalue weighted by molar-refractivity contribution is 14.1. The minimum absolute atomic E-state index is 0.188. The van der Waals surface area contributed by atoms with Crippen LogP contribution in [-0.4, -0.2) is 15.1 Å².